The van der Waals surface area contributed by atoms with Gasteiger partial charge in [-0.05, 0) is 93.0 Å². The fourth-order valence-electron chi connectivity index (χ4n) is 8.55. The lowest BCUT2D eigenvalue weighted by atomic mass is 9.70. The number of benzene rings is 7. The Balaban J connectivity index is 1.25. The maximum absolute atomic E-state index is 6.53. The summed E-state index contributed by atoms with van der Waals surface area (Å²) in [5.74, 6) is 0.936. The molecule has 0 saturated heterocycles. The summed E-state index contributed by atoms with van der Waals surface area (Å²) >= 11 is 0. The molecule has 0 N–H and O–H groups in total. The van der Waals surface area contributed by atoms with Crippen LogP contribution >= 0.6 is 0 Å². The maximum Gasteiger partial charge on any atom is 0.145 e. The minimum atomic E-state index is -0.495. The summed E-state index contributed by atoms with van der Waals surface area (Å²) in [6, 6.07) is 56.9. The fourth-order valence-corrected chi connectivity index (χ4v) is 8.55. The van der Waals surface area contributed by atoms with Crippen LogP contribution in [0.2, 0.25) is 0 Å². The third-order valence-corrected chi connectivity index (χ3v) is 10.4. The standard InChI is InChI=1S/C44H26N2O/c1-2-12-28(13-3-1)46-40-20-10-9-19-39(40)45-43(46)27-22-23-31-29-14-4-7-17-35(29)44(37(31)24-27)36-18-8-5-15-30(36)33-25-34-32-16-6-11-21-41(32)47-42(34)26-38(33)44/h1-26H. The van der Waals surface area contributed by atoms with Gasteiger partial charge in [0, 0.05) is 22.0 Å². The van der Waals surface area contributed by atoms with Crippen LogP contribution in [-0.2, 0) is 5.41 Å². The van der Waals surface area contributed by atoms with E-state index in [4.69, 9.17) is 9.40 Å². The molecule has 0 saturated carbocycles. The molecule has 2 aliphatic carbocycles. The van der Waals surface area contributed by atoms with Gasteiger partial charge in [0.25, 0.3) is 0 Å². The molecule has 2 heterocycles. The van der Waals surface area contributed by atoms with Crippen LogP contribution in [0.1, 0.15) is 22.3 Å². The second kappa shape index (κ2) is 8.96. The maximum atomic E-state index is 6.53. The van der Waals surface area contributed by atoms with Crippen molar-refractivity contribution in [3.8, 4) is 39.3 Å². The van der Waals surface area contributed by atoms with Crippen LogP contribution in [0.25, 0.3) is 72.3 Å². The predicted molar refractivity (Wildman–Crippen MR) is 190 cm³/mol. The van der Waals surface area contributed by atoms with Crippen LogP contribution in [0.3, 0.4) is 0 Å². The number of furan rings is 1. The average Bonchev–Trinajstić information content (AvgIpc) is 3.86. The quantitative estimate of drug-likeness (QED) is 0.198. The predicted octanol–water partition coefficient (Wildman–Crippen LogP) is 10.9. The van der Waals surface area contributed by atoms with Crippen molar-refractivity contribution >= 4 is 33.0 Å². The highest BCUT2D eigenvalue weighted by atomic mass is 16.3. The first-order chi connectivity index (χ1) is 23.3. The molecular formula is C44H26N2O. The van der Waals surface area contributed by atoms with Crippen LogP contribution in [0.15, 0.2) is 162 Å². The smallest absolute Gasteiger partial charge is 0.145 e. The van der Waals surface area contributed by atoms with Crippen LogP contribution in [0, 0.1) is 0 Å². The van der Waals surface area contributed by atoms with E-state index in [1.54, 1.807) is 0 Å². The molecule has 11 rings (SSSR count). The van der Waals surface area contributed by atoms with Crippen molar-refractivity contribution in [2.24, 2.45) is 0 Å². The van der Waals surface area contributed by atoms with E-state index >= 15 is 0 Å². The highest BCUT2D eigenvalue weighted by molar-refractivity contribution is 6.09. The van der Waals surface area contributed by atoms with Crippen molar-refractivity contribution in [2.45, 2.75) is 5.41 Å². The van der Waals surface area contributed by atoms with Gasteiger partial charge in [-0.3, -0.25) is 4.57 Å². The zero-order chi connectivity index (χ0) is 30.7. The van der Waals surface area contributed by atoms with E-state index in [2.05, 4.69) is 156 Å². The first-order valence-electron chi connectivity index (χ1n) is 16.1. The Morgan fingerprint density at radius 1 is 0.468 bits per heavy atom. The lowest BCUT2D eigenvalue weighted by molar-refractivity contribution is 0.666. The van der Waals surface area contributed by atoms with Gasteiger partial charge in [-0.2, -0.15) is 0 Å². The number of hydrogen-bond acceptors (Lipinski definition) is 2. The van der Waals surface area contributed by atoms with Gasteiger partial charge in [-0.25, -0.2) is 4.98 Å². The molecule has 0 radical (unpaired) electrons. The summed E-state index contributed by atoms with van der Waals surface area (Å²) in [5.41, 5.74) is 15.9. The third kappa shape index (κ3) is 3.13. The molecule has 1 spiro atoms. The molecule has 1 unspecified atom stereocenters. The van der Waals surface area contributed by atoms with Crippen molar-refractivity contribution in [2.75, 3.05) is 0 Å². The van der Waals surface area contributed by atoms with E-state index in [9.17, 15) is 0 Å². The molecule has 7 aromatic carbocycles. The van der Waals surface area contributed by atoms with Gasteiger partial charge in [0.1, 0.15) is 17.0 Å². The Bertz CT molecular complexity index is 2750. The number of para-hydroxylation sites is 4. The summed E-state index contributed by atoms with van der Waals surface area (Å²) in [6.45, 7) is 0. The lowest BCUT2D eigenvalue weighted by Crippen LogP contribution is -2.26. The first kappa shape index (κ1) is 25.1. The summed E-state index contributed by atoms with van der Waals surface area (Å²) in [6.07, 6.45) is 0. The minimum absolute atomic E-state index is 0.495. The normalized spacial score (nSPS) is 15.7. The lowest BCUT2D eigenvalue weighted by Gasteiger charge is -2.30. The molecule has 47 heavy (non-hydrogen) atoms. The van der Waals surface area contributed by atoms with Crippen LogP contribution < -0.4 is 0 Å². The Labute approximate surface area is 271 Å². The molecular weight excluding hydrogens is 572 g/mol. The molecule has 0 fully saturated rings. The van der Waals surface area contributed by atoms with Crippen molar-refractivity contribution < 1.29 is 4.42 Å². The second-order valence-corrected chi connectivity index (χ2v) is 12.7. The molecule has 218 valence electrons. The highest BCUT2D eigenvalue weighted by Gasteiger charge is 2.52. The summed E-state index contributed by atoms with van der Waals surface area (Å²) in [7, 11) is 0. The molecule has 1 atom stereocenters. The van der Waals surface area contributed by atoms with E-state index in [-0.39, 0.29) is 0 Å². The van der Waals surface area contributed by atoms with Crippen molar-refractivity contribution in [1.29, 1.82) is 0 Å². The molecule has 2 aromatic heterocycles. The zero-order valence-electron chi connectivity index (χ0n) is 25.3. The van der Waals surface area contributed by atoms with Crippen molar-refractivity contribution in [3.05, 3.63) is 180 Å². The molecule has 0 aliphatic heterocycles. The highest BCUT2D eigenvalue weighted by Crippen LogP contribution is 2.63. The molecule has 3 nitrogen and oxygen atoms in total. The van der Waals surface area contributed by atoms with Crippen LogP contribution in [0.5, 0.6) is 0 Å². The van der Waals surface area contributed by atoms with Gasteiger partial charge in [0.05, 0.1) is 16.4 Å². The number of rotatable bonds is 2. The summed E-state index contributed by atoms with van der Waals surface area (Å²) in [5, 5.41) is 2.31. The largest absolute Gasteiger partial charge is 0.456 e. The zero-order valence-corrected chi connectivity index (χ0v) is 25.3. The van der Waals surface area contributed by atoms with Crippen molar-refractivity contribution in [1.82, 2.24) is 9.55 Å². The van der Waals surface area contributed by atoms with E-state index < -0.39 is 5.41 Å². The minimum Gasteiger partial charge on any atom is -0.456 e. The molecule has 9 aromatic rings. The summed E-state index contributed by atoms with van der Waals surface area (Å²) in [4.78, 5) is 5.25. The van der Waals surface area contributed by atoms with Crippen LogP contribution in [-0.4, -0.2) is 9.55 Å². The molecule has 2 aliphatic rings. The average molecular weight is 599 g/mol. The number of aromatic nitrogens is 2. The van der Waals surface area contributed by atoms with E-state index in [1.165, 1.54) is 44.5 Å². The van der Waals surface area contributed by atoms with E-state index in [1.807, 2.05) is 6.07 Å². The van der Waals surface area contributed by atoms with Crippen molar-refractivity contribution in [3.63, 3.8) is 0 Å². The SMILES string of the molecule is c1ccc(-n2c(-c3ccc4c(c3)C3(c5ccccc5-4)c4ccccc4-c4cc5c(cc43)oc3ccccc35)nc3ccccc32)cc1. The Morgan fingerprint density at radius 3 is 1.98 bits per heavy atom. The Morgan fingerprint density at radius 2 is 1.13 bits per heavy atom. The third-order valence-electron chi connectivity index (χ3n) is 10.4. The van der Waals surface area contributed by atoms with Gasteiger partial charge >= 0.3 is 0 Å². The number of hydrogen-bond donors (Lipinski definition) is 0. The van der Waals surface area contributed by atoms with Gasteiger partial charge in [0.2, 0.25) is 0 Å². The first-order valence-corrected chi connectivity index (χ1v) is 16.1. The van der Waals surface area contributed by atoms with Gasteiger partial charge in [0.15, 0.2) is 0 Å². The van der Waals surface area contributed by atoms with Gasteiger partial charge < -0.3 is 4.42 Å². The Kier molecular flexibility index (Phi) is 4.78. The van der Waals surface area contributed by atoms with Gasteiger partial charge in [-0.15, -0.1) is 0 Å². The molecule has 3 heteroatoms. The number of imidazole rings is 1. The molecule has 0 bridgehead atoms. The number of nitrogens with zero attached hydrogens (tertiary/aromatic N) is 2. The fraction of sp³-hybridized carbons (Fsp3) is 0.0227. The number of fused-ring (bicyclic) bond motifs is 14. The van der Waals surface area contributed by atoms with Gasteiger partial charge in [-0.1, -0.05) is 109 Å². The summed E-state index contributed by atoms with van der Waals surface area (Å²) < 4.78 is 8.83. The van der Waals surface area contributed by atoms with Crippen LogP contribution in [0.4, 0.5) is 0 Å². The Hall–Kier alpha value is -6.19. The topological polar surface area (TPSA) is 31.0 Å². The second-order valence-electron chi connectivity index (χ2n) is 12.7. The molecule has 0 amide bonds. The monoisotopic (exact) mass is 598 g/mol. The van der Waals surface area contributed by atoms with E-state index in [0.29, 0.717) is 0 Å². The van der Waals surface area contributed by atoms with E-state index in [0.717, 1.165) is 50.0 Å².